The normalized spacial score (nSPS) is 11.4. The molecule has 0 aliphatic heterocycles. The topological polar surface area (TPSA) is 67.4 Å². The Morgan fingerprint density at radius 1 is 0.967 bits per heavy atom. The fraction of sp³-hybridized carbons (Fsp3) is 0.130. The fourth-order valence-electron chi connectivity index (χ4n) is 2.64. The highest BCUT2D eigenvalue weighted by Gasteiger charge is 2.16. The van der Waals surface area contributed by atoms with Crippen LogP contribution >= 0.6 is 23.4 Å². The quantitative estimate of drug-likeness (QED) is 0.461. The zero-order valence-electron chi connectivity index (χ0n) is 16.5. The minimum Gasteiger partial charge on any atom is -0.497 e. The molecule has 0 saturated heterocycles. The Labute approximate surface area is 184 Å². The van der Waals surface area contributed by atoms with Crippen LogP contribution in [-0.2, 0) is 4.79 Å². The summed E-state index contributed by atoms with van der Waals surface area (Å²) in [5.41, 5.74) is 1.77. The average Bonchev–Trinajstić information content (AvgIpc) is 2.76. The molecule has 1 unspecified atom stereocenters. The number of thioether (sulfide) groups is 1. The number of halogens is 1. The summed E-state index contributed by atoms with van der Waals surface area (Å²) in [4.78, 5) is 25.7. The molecule has 0 saturated carbocycles. The molecule has 2 amide bonds. The van der Waals surface area contributed by atoms with Crippen LogP contribution in [0.3, 0.4) is 0 Å². The molecule has 0 bridgehead atoms. The average molecular weight is 441 g/mol. The lowest BCUT2D eigenvalue weighted by Gasteiger charge is -2.13. The van der Waals surface area contributed by atoms with E-state index in [1.165, 1.54) is 11.8 Å². The van der Waals surface area contributed by atoms with Crippen LogP contribution < -0.4 is 15.4 Å². The van der Waals surface area contributed by atoms with Crippen molar-refractivity contribution >= 4 is 46.6 Å². The van der Waals surface area contributed by atoms with Crippen molar-refractivity contribution in [1.29, 1.82) is 0 Å². The molecular weight excluding hydrogens is 420 g/mol. The summed E-state index contributed by atoms with van der Waals surface area (Å²) in [5.74, 6) is 0.267. The molecule has 3 aromatic rings. The van der Waals surface area contributed by atoms with Gasteiger partial charge in [0.05, 0.1) is 23.1 Å². The molecule has 0 aliphatic carbocycles. The molecule has 2 N–H and O–H groups in total. The van der Waals surface area contributed by atoms with E-state index < -0.39 is 0 Å². The van der Waals surface area contributed by atoms with E-state index in [9.17, 15) is 9.59 Å². The van der Waals surface area contributed by atoms with Crippen molar-refractivity contribution in [3.05, 3.63) is 83.4 Å². The molecule has 1 atom stereocenters. The lowest BCUT2D eigenvalue weighted by Crippen LogP contribution is -2.22. The number of anilines is 2. The smallest absolute Gasteiger partial charge is 0.255 e. The van der Waals surface area contributed by atoms with Crippen molar-refractivity contribution in [2.24, 2.45) is 0 Å². The molecule has 5 nitrogen and oxygen atoms in total. The van der Waals surface area contributed by atoms with E-state index >= 15 is 0 Å². The van der Waals surface area contributed by atoms with Gasteiger partial charge in [-0.2, -0.15) is 0 Å². The Balaban J connectivity index is 1.57. The Morgan fingerprint density at radius 2 is 1.70 bits per heavy atom. The standard InChI is InChI=1S/C23H21ClN2O3S/c1-15(22(27)26-21-9-4-3-8-20(21)24)30-19-12-10-17(11-13-19)25-23(28)16-6-5-7-18(14-16)29-2/h3-15H,1-2H3,(H,25,28)(H,26,27). The zero-order chi connectivity index (χ0) is 21.5. The summed E-state index contributed by atoms with van der Waals surface area (Å²) in [5, 5.41) is 5.87. The van der Waals surface area contributed by atoms with Crippen molar-refractivity contribution in [3.8, 4) is 5.75 Å². The van der Waals surface area contributed by atoms with E-state index in [0.29, 0.717) is 27.7 Å². The summed E-state index contributed by atoms with van der Waals surface area (Å²) in [6.45, 7) is 1.83. The fourth-order valence-corrected chi connectivity index (χ4v) is 3.69. The first-order chi connectivity index (χ1) is 14.5. The Kier molecular flexibility index (Phi) is 7.38. The molecule has 30 heavy (non-hydrogen) atoms. The number of hydrogen-bond acceptors (Lipinski definition) is 4. The van der Waals surface area contributed by atoms with Crippen LogP contribution in [0, 0.1) is 0 Å². The van der Waals surface area contributed by atoms with Crippen molar-refractivity contribution in [3.63, 3.8) is 0 Å². The van der Waals surface area contributed by atoms with Crippen molar-refractivity contribution in [2.75, 3.05) is 17.7 Å². The number of rotatable bonds is 7. The molecule has 3 aromatic carbocycles. The summed E-state index contributed by atoms with van der Waals surface area (Å²) in [7, 11) is 1.56. The Hall–Kier alpha value is -2.96. The van der Waals surface area contributed by atoms with E-state index in [1.807, 2.05) is 31.2 Å². The van der Waals surface area contributed by atoms with Crippen LogP contribution in [-0.4, -0.2) is 24.2 Å². The molecule has 0 fully saturated rings. The van der Waals surface area contributed by atoms with Gasteiger partial charge in [0.2, 0.25) is 5.91 Å². The number of para-hydroxylation sites is 1. The second-order valence-corrected chi connectivity index (χ2v) is 8.26. The molecule has 0 spiro atoms. The molecule has 0 aliphatic rings. The monoisotopic (exact) mass is 440 g/mol. The van der Waals surface area contributed by atoms with Gasteiger partial charge in [0.25, 0.3) is 5.91 Å². The van der Waals surface area contributed by atoms with Crippen LogP contribution in [0.15, 0.2) is 77.7 Å². The molecule has 0 radical (unpaired) electrons. The predicted molar refractivity (Wildman–Crippen MR) is 123 cm³/mol. The van der Waals surface area contributed by atoms with Crippen molar-refractivity contribution in [2.45, 2.75) is 17.1 Å². The van der Waals surface area contributed by atoms with Gasteiger partial charge >= 0.3 is 0 Å². The van der Waals surface area contributed by atoms with E-state index in [0.717, 1.165) is 4.90 Å². The lowest BCUT2D eigenvalue weighted by molar-refractivity contribution is -0.115. The molecule has 3 rings (SSSR count). The largest absolute Gasteiger partial charge is 0.497 e. The minimum atomic E-state index is -0.321. The predicted octanol–water partition coefficient (Wildman–Crippen LogP) is 5.72. The highest BCUT2D eigenvalue weighted by molar-refractivity contribution is 8.00. The first-order valence-electron chi connectivity index (χ1n) is 9.24. The summed E-state index contributed by atoms with van der Waals surface area (Å²) in [6.07, 6.45) is 0. The van der Waals surface area contributed by atoms with Gasteiger partial charge in [-0.1, -0.05) is 29.8 Å². The molecule has 154 valence electrons. The highest BCUT2D eigenvalue weighted by atomic mass is 35.5. The maximum atomic E-state index is 12.4. The third kappa shape index (κ3) is 5.78. The SMILES string of the molecule is COc1cccc(C(=O)Nc2ccc(SC(C)C(=O)Nc3ccccc3Cl)cc2)c1. The molecular formula is C23H21ClN2O3S. The number of carbonyl (C=O) groups is 2. The van der Waals surface area contributed by atoms with Crippen molar-refractivity contribution in [1.82, 2.24) is 0 Å². The number of hydrogen-bond donors (Lipinski definition) is 2. The Morgan fingerprint density at radius 3 is 2.40 bits per heavy atom. The second kappa shape index (κ2) is 10.2. The van der Waals surface area contributed by atoms with Crippen LogP contribution in [0.1, 0.15) is 17.3 Å². The van der Waals surface area contributed by atoms with Gasteiger partial charge in [-0.05, 0) is 61.5 Å². The third-order valence-corrected chi connectivity index (χ3v) is 5.70. The summed E-state index contributed by atoms with van der Waals surface area (Å²) < 4.78 is 5.15. The summed E-state index contributed by atoms with van der Waals surface area (Å²) in [6, 6.07) is 21.4. The first kappa shape index (κ1) is 21.7. The van der Waals surface area contributed by atoms with Gasteiger partial charge in [0.1, 0.15) is 5.75 Å². The molecule has 0 aromatic heterocycles. The Bertz CT molecular complexity index is 1040. The van der Waals surface area contributed by atoms with Crippen LogP contribution in [0.2, 0.25) is 5.02 Å². The van der Waals surface area contributed by atoms with E-state index in [1.54, 1.807) is 55.6 Å². The third-order valence-electron chi connectivity index (χ3n) is 4.26. The lowest BCUT2D eigenvalue weighted by atomic mass is 10.2. The van der Waals surface area contributed by atoms with Gasteiger partial charge in [0, 0.05) is 16.1 Å². The van der Waals surface area contributed by atoms with Gasteiger partial charge in [-0.25, -0.2) is 0 Å². The zero-order valence-corrected chi connectivity index (χ0v) is 18.1. The maximum absolute atomic E-state index is 12.4. The maximum Gasteiger partial charge on any atom is 0.255 e. The number of carbonyl (C=O) groups excluding carboxylic acids is 2. The number of methoxy groups -OCH3 is 1. The van der Waals surface area contributed by atoms with Gasteiger partial charge in [-0.15, -0.1) is 11.8 Å². The van der Waals surface area contributed by atoms with Crippen LogP contribution in [0.5, 0.6) is 5.75 Å². The first-order valence-corrected chi connectivity index (χ1v) is 10.5. The van der Waals surface area contributed by atoms with E-state index in [4.69, 9.17) is 16.3 Å². The van der Waals surface area contributed by atoms with Crippen LogP contribution in [0.4, 0.5) is 11.4 Å². The summed E-state index contributed by atoms with van der Waals surface area (Å²) >= 11 is 7.51. The van der Waals surface area contributed by atoms with Crippen LogP contribution in [0.25, 0.3) is 0 Å². The number of ether oxygens (including phenoxy) is 1. The van der Waals surface area contributed by atoms with E-state index in [2.05, 4.69) is 10.6 Å². The number of amides is 2. The number of benzene rings is 3. The van der Waals surface area contributed by atoms with Gasteiger partial charge in [-0.3, -0.25) is 9.59 Å². The molecule has 0 heterocycles. The van der Waals surface area contributed by atoms with Crippen molar-refractivity contribution < 1.29 is 14.3 Å². The van der Waals surface area contributed by atoms with E-state index in [-0.39, 0.29) is 17.1 Å². The van der Waals surface area contributed by atoms with Gasteiger partial charge < -0.3 is 15.4 Å². The highest BCUT2D eigenvalue weighted by Crippen LogP contribution is 2.27. The molecule has 7 heteroatoms. The van der Waals surface area contributed by atoms with Gasteiger partial charge in [0.15, 0.2) is 0 Å². The number of nitrogens with one attached hydrogen (secondary N) is 2. The second-order valence-electron chi connectivity index (χ2n) is 6.44. The minimum absolute atomic E-state index is 0.136.